The van der Waals surface area contributed by atoms with E-state index in [2.05, 4.69) is 36.2 Å². The van der Waals surface area contributed by atoms with Gasteiger partial charge in [0.15, 0.2) is 17.6 Å². The number of ether oxygens (including phenoxy) is 1. The number of hydrogen-bond acceptors (Lipinski definition) is 6. The topological polar surface area (TPSA) is 79.0 Å². The third-order valence-electron chi connectivity index (χ3n) is 10.3. The first-order valence-electron chi connectivity index (χ1n) is 12.8. The van der Waals surface area contributed by atoms with Crippen molar-refractivity contribution in [3.8, 4) is 0 Å². The maximum absolute atomic E-state index is 16.8. The quantitative estimate of drug-likeness (QED) is 0.632. The van der Waals surface area contributed by atoms with Gasteiger partial charge in [0.05, 0.1) is 11.7 Å². The first-order valence-corrected chi connectivity index (χ1v) is 12.8. The van der Waals surface area contributed by atoms with Crippen LogP contribution >= 0.6 is 0 Å². The van der Waals surface area contributed by atoms with Gasteiger partial charge in [-0.25, -0.2) is 9.37 Å². The van der Waals surface area contributed by atoms with Gasteiger partial charge >= 0.3 is 0 Å². The number of nitrogens with zero attached hydrogens (tertiary/aromatic N) is 2. The van der Waals surface area contributed by atoms with E-state index in [0.717, 1.165) is 41.5 Å². The summed E-state index contributed by atoms with van der Waals surface area (Å²) in [5.41, 5.74) is 1.29. The summed E-state index contributed by atoms with van der Waals surface area (Å²) in [6.45, 7) is 2.32. The number of rotatable bonds is 2. The molecule has 1 aromatic heterocycles. The minimum atomic E-state index is -1.98. The highest BCUT2D eigenvalue weighted by Crippen LogP contribution is 2.70. The summed E-state index contributed by atoms with van der Waals surface area (Å²) >= 11 is 0. The van der Waals surface area contributed by atoms with Crippen molar-refractivity contribution < 1.29 is 23.8 Å². The van der Waals surface area contributed by atoms with Gasteiger partial charge in [-0.05, 0) is 75.0 Å². The molecule has 7 rings (SSSR count). The Kier molecular flexibility index (Phi) is 4.32. The van der Waals surface area contributed by atoms with Crippen molar-refractivity contribution in [3.63, 3.8) is 0 Å². The lowest BCUT2D eigenvalue weighted by Gasteiger charge is -2.61. The number of aliphatic hydroxyl groups is 2. The maximum Gasteiger partial charge on any atom is 0.181 e. The van der Waals surface area contributed by atoms with Crippen LogP contribution in [-0.2, 0) is 4.74 Å². The van der Waals surface area contributed by atoms with Crippen LogP contribution in [0.25, 0.3) is 16.7 Å². The molecular formula is C28H33FN2O4. The SMILES string of the molecule is CN(C)[C@H]1C[C@@]23CC[C@@]4(O2)C(=CC[C@]2(C)C(c5ccc6ncoc6c5)=CCC24)CC3(F)[C@@H](O)[C@@H]1O. The average Bonchev–Trinajstić information content (AvgIpc) is 3.52. The monoisotopic (exact) mass is 480 g/mol. The summed E-state index contributed by atoms with van der Waals surface area (Å²) in [7, 11) is 3.75. The Hall–Kier alpha value is -2.06. The zero-order chi connectivity index (χ0) is 24.4. The molecule has 2 aliphatic heterocycles. The molecule has 2 aromatic rings. The molecule has 0 radical (unpaired) electrons. The molecule has 8 atom stereocenters. The molecule has 2 unspecified atom stereocenters. The van der Waals surface area contributed by atoms with Crippen LogP contribution in [0.3, 0.4) is 0 Å². The number of aliphatic hydroxyl groups excluding tert-OH is 2. The average molecular weight is 481 g/mol. The van der Waals surface area contributed by atoms with Crippen LogP contribution in [0.5, 0.6) is 0 Å². The molecule has 1 aromatic carbocycles. The molecule has 186 valence electrons. The van der Waals surface area contributed by atoms with E-state index < -0.39 is 29.1 Å². The molecule has 3 heterocycles. The highest BCUT2D eigenvalue weighted by atomic mass is 19.1. The smallest absolute Gasteiger partial charge is 0.181 e. The van der Waals surface area contributed by atoms with Crippen molar-refractivity contribution in [2.24, 2.45) is 11.3 Å². The Bertz CT molecular complexity index is 1290. The van der Waals surface area contributed by atoms with E-state index in [1.54, 1.807) is 0 Å². The third-order valence-corrected chi connectivity index (χ3v) is 10.3. The molecule has 7 heteroatoms. The van der Waals surface area contributed by atoms with Crippen LogP contribution in [-0.4, -0.2) is 69.3 Å². The first-order chi connectivity index (χ1) is 16.6. The second-order valence-electron chi connectivity index (χ2n) is 12.0. The number of hydrogen-bond donors (Lipinski definition) is 2. The van der Waals surface area contributed by atoms with E-state index in [9.17, 15) is 10.2 Å². The fourth-order valence-electron chi connectivity index (χ4n) is 8.45. The zero-order valence-electron chi connectivity index (χ0n) is 20.5. The van der Waals surface area contributed by atoms with E-state index in [-0.39, 0.29) is 23.8 Å². The fraction of sp³-hybridized carbons (Fsp3) is 0.607. The van der Waals surface area contributed by atoms with Gasteiger partial charge in [0.2, 0.25) is 0 Å². The molecule has 2 saturated heterocycles. The number of fused-ring (bicyclic) bond motifs is 2. The molecular weight excluding hydrogens is 447 g/mol. The van der Waals surface area contributed by atoms with E-state index in [1.807, 2.05) is 25.1 Å². The summed E-state index contributed by atoms with van der Waals surface area (Å²) < 4.78 is 29.4. The highest BCUT2D eigenvalue weighted by molar-refractivity contribution is 5.82. The fourth-order valence-corrected chi connectivity index (χ4v) is 8.45. The van der Waals surface area contributed by atoms with Crippen molar-refractivity contribution in [2.45, 2.75) is 80.6 Å². The predicted molar refractivity (Wildman–Crippen MR) is 129 cm³/mol. The molecule has 2 N–H and O–H groups in total. The summed E-state index contributed by atoms with van der Waals surface area (Å²) in [6.07, 6.45) is 6.86. The molecule has 6 nitrogen and oxygen atoms in total. The second kappa shape index (κ2) is 6.82. The number of aromatic nitrogens is 1. The number of likely N-dealkylation sites (N-methyl/N-ethyl adjacent to an activating group) is 1. The Labute approximate surface area is 204 Å². The van der Waals surface area contributed by atoms with Crippen LogP contribution in [0, 0.1) is 11.3 Å². The lowest BCUT2D eigenvalue weighted by atomic mass is 9.56. The molecule has 0 amide bonds. The number of halogens is 1. The van der Waals surface area contributed by atoms with Gasteiger partial charge in [-0.1, -0.05) is 25.1 Å². The van der Waals surface area contributed by atoms with Crippen LogP contribution in [0.1, 0.15) is 51.0 Å². The molecule has 35 heavy (non-hydrogen) atoms. The normalized spacial score (nSPS) is 46.3. The van der Waals surface area contributed by atoms with E-state index in [4.69, 9.17) is 9.15 Å². The minimum Gasteiger partial charge on any atom is -0.443 e. The number of oxazole rings is 1. The Balaban J connectivity index is 1.30. The van der Waals surface area contributed by atoms with Crippen molar-refractivity contribution in [3.05, 3.63) is 47.9 Å². The highest BCUT2D eigenvalue weighted by Gasteiger charge is 2.76. The molecule has 2 spiro atoms. The molecule has 5 aliphatic rings. The van der Waals surface area contributed by atoms with Crippen LogP contribution in [0.15, 0.2) is 46.7 Å². The summed E-state index contributed by atoms with van der Waals surface area (Å²) in [5.74, 6) is 0.196. The Morgan fingerprint density at radius 2 is 2.00 bits per heavy atom. The predicted octanol–water partition coefficient (Wildman–Crippen LogP) is 4.02. The first kappa shape index (κ1) is 22.2. The van der Waals surface area contributed by atoms with Gasteiger partial charge < -0.3 is 24.3 Å². The van der Waals surface area contributed by atoms with Gasteiger partial charge in [-0.15, -0.1) is 0 Å². The van der Waals surface area contributed by atoms with Gasteiger partial charge in [0.1, 0.15) is 17.2 Å². The van der Waals surface area contributed by atoms with Crippen LogP contribution in [0.2, 0.25) is 0 Å². The van der Waals surface area contributed by atoms with E-state index >= 15 is 4.39 Å². The van der Waals surface area contributed by atoms with Crippen molar-refractivity contribution in [1.29, 1.82) is 0 Å². The van der Waals surface area contributed by atoms with Crippen LogP contribution < -0.4 is 0 Å². The molecule has 1 saturated carbocycles. The van der Waals surface area contributed by atoms with Crippen molar-refractivity contribution >= 4 is 16.7 Å². The lowest BCUT2D eigenvalue weighted by Crippen LogP contribution is -2.73. The molecule has 3 fully saturated rings. The standard InChI is InChI=1S/C28H33FN2O4/c1-25-9-8-17-13-28(29)24(33)23(32)20(31(2)3)14-26(28)10-11-27(17,35-26)22(25)7-5-18(25)16-4-6-19-21(12-16)34-15-30-19/h4-6,8,12,15,20,22-24,32-33H,7,9-11,13-14H2,1-3H3/t20-,22?,23+,24-,25+,26+,27+,28?/m0/s1. The Morgan fingerprint density at radius 1 is 1.17 bits per heavy atom. The maximum atomic E-state index is 16.8. The van der Waals surface area contributed by atoms with Gasteiger partial charge in [-0.2, -0.15) is 0 Å². The lowest BCUT2D eigenvalue weighted by molar-refractivity contribution is -0.282. The third kappa shape index (κ3) is 2.55. The van der Waals surface area contributed by atoms with Gasteiger partial charge in [0.25, 0.3) is 0 Å². The minimum absolute atomic E-state index is 0.136. The molecule has 3 aliphatic carbocycles. The number of benzene rings is 1. The van der Waals surface area contributed by atoms with Crippen molar-refractivity contribution in [1.82, 2.24) is 9.88 Å². The number of allylic oxidation sites excluding steroid dienone is 3. The summed E-state index contributed by atoms with van der Waals surface area (Å²) in [6, 6.07) is 5.84. The largest absolute Gasteiger partial charge is 0.443 e. The second-order valence-corrected chi connectivity index (χ2v) is 12.0. The summed E-state index contributed by atoms with van der Waals surface area (Å²) in [5, 5.41) is 21.9. The van der Waals surface area contributed by atoms with Gasteiger partial charge in [0, 0.05) is 23.8 Å². The number of alkyl halides is 1. The van der Waals surface area contributed by atoms with Crippen molar-refractivity contribution in [2.75, 3.05) is 14.1 Å². The van der Waals surface area contributed by atoms with Gasteiger partial charge in [-0.3, -0.25) is 0 Å². The zero-order valence-corrected chi connectivity index (χ0v) is 20.5. The van der Waals surface area contributed by atoms with Crippen LogP contribution in [0.4, 0.5) is 4.39 Å². The van der Waals surface area contributed by atoms with E-state index in [0.29, 0.717) is 12.8 Å². The molecule has 2 bridgehead atoms. The Morgan fingerprint density at radius 3 is 2.80 bits per heavy atom. The van der Waals surface area contributed by atoms with E-state index in [1.165, 1.54) is 12.0 Å². The summed E-state index contributed by atoms with van der Waals surface area (Å²) in [4.78, 5) is 6.14.